The van der Waals surface area contributed by atoms with E-state index in [-0.39, 0.29) is 5.41 Å². The first-order chi connectivity index (χ1) is 11.0. The minimum Gasteiger partial charge on any atom is -0.235 e. The first kappa shape index (κ1) is 17.7. The van der Waals surface area contributed by atoms with Crippen LogP contribution in [0, 0.1) is 5.41 Å². The van der Waals surface area contributed by atoms with Gasteiger partial charge >= 0.3 is 0 Å². The van der Waals surface area contributed by atoms with Crippen molar-refractivity contribution >= 4 is 64.8 Å². The number of halogens is 1. The van der Waals surface area contributed by atoms with Crippen molar-refractivity contribution in [1.29, 1.82) is 0 Å². The zero-order valence-electron chi connectivity index (χ0n) is 13.8. The topological polar surface area (TPSA) is 12.9 Å². The van der Waals surface area contributed by atoms with Gasteiger partial charge < -0.3 is 0 Å². The second-order valence-corrected chi connectivity index (χ2v) is 11.4. The van der Waals surface area contributed by atoms with Gasteiger partial charge in [0.25, 0.3) is 0 Å². The van der Waals surface area contributed by atoms with Crippen LogP contribution >= 0.6 is 50.4 Å². The third kappa shape index (κ3) is 4.30. The Morgan fingerprint density at radius 2 is 2.00 bits per heavy atom. The Bertz CT molecular complexity index is 724. The summed E-state index contributed by atoms with van der Waals surface area (Å²) in [6.45, 7) is 6.87. The number of allylic oxidation sites excluding steroid dienone is 3. The van der Waals surface area contributed by atoms with Crippen LogP contribution in [0.1, 0.15) is 57.9 Å². The van der Waals surface area contributed by atoms with Crippen molar-refractivity contribution < 1.29 is 0 Å². The molecule has 3 heterocycles. The summed E-state index contributed by atoms with van der Waals surface area (Å²) >= 11 is 9.02. The Kier molecular flexibility index (Phi) is 5.72. The summed E-state index contributed by atoms with van der Waals surface area (Å²) in [6.07, 6.45) is 11.4. The Balaban J connectivity index is 1.81. The van der Waals surface area contributed by atoms with E-state index in [4.69, 9.17) is 4.98 Å². The fourth-order valence-electron chi connectivity index (χ4n) is 3.03. The van der Waals surface area contributed by atoms with Crippen molar-refractivity contribution in [2.45, 2.75) is 52.9 Å². The summed E-state index contributed by atoms with van der Waals surface area (Å²) in [5, 5.41) is 1.18. The zero-order valence-corrected chi connectivity index (χ0v) is 17.9. The second kappa shape index (κ2) is 7.42. The molecular formula is C18H22BrNS3. The van der Waals surface area contributed by atoms with Crippen LogP contribution in [0.2, 0.25) is 0 Å². The van der Waals surface area contributed by atoms with Gasteiger partial charge in [-0.05, 0) is 40.2 Å². The van der Waals surface area contributed by atoms with E-state index in [9.17, 15) is 0 Å². The van der Waals surface area contributed by atoms with Crippen LogP contribution in [0.5, 0.6) is 0 Å². The number of fused-ring (bicyclic) bond motifs is 1. The van der Waals surface area contributed by atoms with Crippen LogP contribution in [-0.4, -0.2) is 4.98 Å². The number of unbranched alkanes of at least 4 members (excludes halogenated alkanes) is 3. The third-order valence-electron chi connectivity index (χ3n) is 4.11. The summed E-state index contributed by atoms with van der Waals surface area (Å²) in [7, 11) is 0. The van der Waals surface area contributed by atoms with Crippen LogP contribution in [0.4, 0.5) is 0 Å². The van der Waals surface area contributed by atoms with Crippen molar-refractivity contribution in [2.75, 3.05) is 0 Å². The van der Waals surface area contributed by atoms with Gasteiger partial charge in [0, 0.05) is 10.3 Å². The van der Waals surface area contributed by atoms with E-state index in [1.807, 2.05) is 23.1 Å². The molecule has 0 saturated carbocycles. The van der Waals surface area contributed by atoms with Crippen molar-refractivity contribution in [2.24, 2.45) is 5.41 Å². The SMILES string of the molecule is CCCCCCC1(C)C=C(C)SC(c2nc3cc(Br)sc3s2)=C1. The molecule has 0 fully saturated rings. The molecule has 0 aromatic carbocycles. The molecule has 0 amide bonds. The third-order valence-corrected chi connectivity index (χ3v) is 8.03. The van der Waals surface area contributed by atoms with Crippen LogP contribution in [0.3, 0.4) is 0 Å². The number of hydrogen-bond donors (Lipinski definition) is 0. The minimum atomic E-state index is 0.179. The molecule has 124 valence electrons. The molecule has 5 heteroatoms. The monoisotopic (exact) mass is 427 g/mol. The number of thiazole rings is 1. The molecule has 0 bridgehead atoms. The van der Waals surface area contributed by atoms with Gasteiger partial charge in [0.05, 0.1) is 9.30 Å². The highest BCUT2D eigenvalue weighted by Gasteiger charge is 2.26. The second-order valence-electron chi connectivity index (χ2n) is 6.42. The molecule has 2 aromatic rings. The standard InChI is InChI=1S/C18H22BrNS3/c1-4-5-6-7-8-18(3)10-12(2)21-14(11-18)16-20-13-9-15(19)22-17(13)23-16/h9-11H,4-8H2,1-3H3. The van der Waals surface area contributed by atoms with Crippen LogP contribution < -0.4 is 0 Å². The number of hydrogen-bond acceptors (Lipinski definition) is 4. The summed E-state index contributed by atoms with van der Waals surface area (Å²) in [6, 6.07) is 2.13. The smallest absolute Gasteiger partial charge is 0.131 e. The van der Waals surface area contributed by atoms with Crippen molar-refractivity contribution in [3.63, 3.8) is 0 Å². The van der Waals surface area contributed by atoms with Gasteiger partial charge in [-0.3, -0.25) is 0 Å². The molecule has 1 unspecified atom stereocenters. The molecule has 1 nitrogen and oxygen atoms in total. The first-order valence-corrected chi connectivity index (χ1v) is 11.4. The number of aromatic nitrogens is 1. The molecule has 23 heavy (non-hydrogen) atoms. The van der Waals surface area contributed by atoms with Gasteiger partial charge in [0.2, 0.25) is 0 Å². The van der Waals surface area contributed by atoms with Crippen LogP contribution in [0.15, 0.2) is 26.9 Å². The molecule has 1 aliphatic rings. The largest absolute Gasteiger partial charge is 0.235 e. The molecule has 0 aliphatic carbocycles. The summed E-state index contributed by atoms with van der Waals surface area (Å²) in [4.78, 5) is 7.59. The molecule has 2 aromatic heterocycles. The highest BCUT2D eigenvalue weighted by atomic mass is 79.9. The van der Waals surface area contributed by atoms with Gasteiger partial charge in [-0.2, -0.15) is 0 Å². The molecule has 3 rings (SSSR count). The maximum Gasteiger partial charge on any atom is 0.131 e. The van der Waals surface area contributed by atoms with E-state index in [2.05, 4.69) is 54.9 Å². The quantitative estimate of drug-likeness (QED) is 0.431. The molecule has 0 saturated heterocycles. The van der Waals surface area contributed by atoms with E-state index >= 15 is 0 Å². The molecule has 0 radical (unpaired) electrons. The van der Waals surface area contributed by atoms with Gasteiger partial charge in [-0.15, -0.1) is 22.7 Å². The Morgan fingerprint density at radius 3 is 2.74 bits per heavy atom. The average Bonchev–Trinajstić information content (AvgIpc) is 3.00. The zero-order chi connectivity index (χ0) is 16.4. The van der Waals surface area contributed by atoms with Crippen molar-refractivity contribution in [1.82, 2.24) is 4.98 Å². The Morgan fingerprint density at radius 1 is 1.17 bits per heavy atom. The van der Waals surface area contributed by atoms with E-state index in [1.165, 1.54) is 54.7 Å². The lowest BCUT2D eigenvalue weighted by molar-refractivity contribution is 0.460. The normalized spacial score (nSPS) is 21.6. The molecule has 1 atom stereocenters. The predicted molar refractivity (Wildman–Crippen MR) is 111 cm³/mol. The fraction of sp³-hybridized carbons (Fsp3) is 0.500. The van der Waals surface area contributed by atoms with E-state index in [0.717, 1.165) is 5.52 Å². The Hall–Kier alpha value is -0.100. The molecule has 1 aliphatic heterocycles. The number of nitrogens with zero attached hydrogens (tertiary/aromatic N) is 1. The number of rotatable bonds is 6. The van der Waals surface area contributed by atoms with E-state index in [0.29, 0.717) is 0 Å². The van der Waals surface area contributed by atoms with Crippen molar-refractivity contribution in [3.05, 3.63) is 31.9 Å². The summed E-state index contributed by atoms with van der Waals surface area (Å²) in [5.41, 5.74) is 1.30. The molecule has 0 spiro atoms. The van der Waals surface area contributed by atoms with Gasteiger partial charge in [-0.25, -0.2) is 4.98 Å². The fourth-order valence-corrected chi connectivity index (χ4v) is 7.36. The lowest BCUT2D eigenvalue weighted by atomic mass is 9.83. The van der Waals surface area contributed by atoms with Gasteiger partial charge in [0.15, 0.2) is 0 Å². The van der Waals surface area contributed by atoms with Crippen molar-refractivity contribution in [3.8, 4) is 0 Å². The van der Waals surface area contributed by atoms with Gasteiger partial charge in [-0.1, -0.05) is 63.4 Å². The highest BCUT2D eigenvalue weighted by Crippen LogP contribution is 2.48. The lowest BCUT2D eigenvalue weighted by Gasteiger charge is -2.28. The number of thiophene rings is 1. The van der Waals surface area contributed by atoms with E-state index in [1.54, 1.807) is 11.3 Å². The average molecular weight is 428 g/mol. The lowest BCUT2D eigenvalue weighted by Crippen LogP contribution is -2.13. The van der Waals surface area contributed by atoms with Crippen LogP contribution in [-0.2, 0) is 0 Å². The van der Waals surface area contributed by atoms with Gasteiger partial charge in [0.1, 0.15) is 9.02 Å². The van der Waals surface area contributed by atoms with E-state index < -0.39 is 0 Å². The summed E-state index contributed by atoms with van der Waals surface area (Å²) < 4.78 is 2.48. The maximum absolute atomic E-state index is 4.85. The Labute approximate surface area is 159 Å². The van der Waals surface area contributed by atoms with Crippen LogP contribution in [0.25, 0.3) is 14.4 Å². The maximum atomic E-state index is 4.85. The molecular weight excluding hydrogens is 406 g/mol. The summed E-state index contributed by atoms with van der Waals surface area (Å²) in [5.74, 6) is 0. The first-order valence-electron chi connectivity index (χ1n) is 8.15. The number of thioether (sulfide) groups is 1. The molecule has 0 N–H and O–H groups in total. The highest BCUT2D eigenvalue weighted by molar-refractivity contribution is 9.11. The minimum absolute atomic E-state index is 0.179. The predicted octanol–water partition coefficient (Wildman–Crippen LogP) is 8.09.